The molecule has 0 bridgehead atoms. The van der Waals surface area contributed by atoms with Crippen molar-refractivity contribution < 1.29 is 21.6 Å². The summed E-state index contributed by atoms with van der Waals surface area (Å²) in [6.45, 7) is 0. The maximum absolute atomic E-state index is 12.7. The monoisotopic (exact) mass is 358 g/mol. The van der Waals surface area contributed by atoms with Gasteiger partial charge in [0.05, 0.1) is 4.90 Å². The van der Waals surface area contributed by atoms with Crippen LogP contribution in [0.5, 0.6) is 0 Å². The Balaban J connectivity index is 2.31. The lowest BCUT2D eigenvalue weighted by Gasteiger charge is -2.20. The van der Waals surface area contributed by atoms with Gasteiger partial charge in [0.15, 0.2) is 0 Å². The predicted molar refractivity (Wildman–Crippen MR) is 66.9 cm³/mol. The van der Waals surface area contributed by atoms with Gasteiger partial charge in [0, 0.05) is 10.2 Å². The molecule has 0 unspecified atom stereocenters. The minimum atomic E-state index is -4.60. The first kappa shape index (κ1) is 14.6. The molecule has 106 valence electrons. The third-order valence-electron chi connectivity index (χ3n) is 2.90. The molecular weight excluding hydrogens is 349 g/mol. The van der Waals surface area contributed by atoms with Crippen molar-refractivity contribution in [1.82, 2.24) is 4.72 Å². The first-order valence-corrected chi connectivity index (χ1v) is 7.51. The van der Waals surface area contributed by atoms with Crippen LogP contribution in [-0.2, 0) is 10.0 Å². The minimum absolute atomic E-state index is 0.139. The molecule has 19 heavy (non-hydrogen) atoms. The molecule has 1 aliphatic rings. The van der Waals surface area contributed by atoms with E-state index in [0.29, 0.717) is 4.47 Å². The van der Waals surface area contributed by atoms with E-state index < -0.39 is 21.7 Å². The standard InChI is InChI=1S/C10H10BrF3N2O2S/c11-7-2-1-6(5-8(7)15)19(17,18)16-9(3-4-9)10(12,13)14/h1-2,5,16H,3-4,15H2. The van der Waals surface area contributed by atoms with Crippen LogP contribution in [-0.4, -0.2) is 20.1 Å². The average Bonchev–Trinajstić information content (AvgIpc) is 3.01. The fourth-order valence-electron chi connectivity index (χ4n) is 1.57. The van der Waals surface area contributed by atoms with Gasteiger partial charge in [0.1, 0.15) is 5.54 Å². The van der Waals surface area contributed by atoms with Crippen LogP contribution in [0, 0.1) is 0 Å². The minimum Gasteiger partial charge on any atom is -0.398 e. The zero-order valence-corrected chi connectivity index (χ0v) is 11.9. The lowest BCUT2D eigenvalue weighted by Crippen LogP contribution is -2.47. The van der Waals surface area contributed by atoms with Crippen LogP contribution in [0.2, 0.25) is 0 Å². The van der Waals surface area contributed by atoms with E-state index in [1.807, 2.05) is 0 Å². The predicted octanol–water partition coefficient (Wildman–Crippen LogP) is 2.40. The maximum atomic E-state index is 12.7. The number of halogens is 4. The number of hydrogen-bond acceptors (Lipinski definition) is 3. The van der Waals surface area contributed by atoms with Crippen LogP contribution >= 0.6 is 15.9 Å². The number of nitrogen functional groups attached to an aromatic ring is 1. The van der Waals surface area contributed by atoms with Gasteiger partial charge in [0.25, 0.3) is 0 Å². The third kappa shape index (κ3) is 2.72. The number of hydrogen-bond donors (Lipinski definition) is 2. The summed E-state index contributed by atoms with van der Waals surface area (Å²) >= 11 is 3.08. The van der Waals surface area contributed by atoms with Crippen LogP contribution < -0.4 is 10.5 Å². The van der Waals surface area contributed by atoms with Crippen molar-refractivity contribution in [2.24, 2.45) is 0 Å². The summed E-state index contributed by atoms with van der Waals surface area (Å²) in [7, 11) is -4.25. The van der Waals surface area contributed by atoms with E-state index in [2.05, 4.69) is 15.9 Å². The molecule has 0 aliphatic heterocycles. The molecule has 1 aromatic carbocycles. The highest BCUT2D eigenvalue weighted by atomic mass is 79.9. The normalized spacial score (nSPS) is 18.3. The molecule has 0 atom stereocenters. The van der Waals surface area contributed by atoms with E-state index in [1.54, 1.807) is 4.72 Å². The van der Waals surface area contributed by atoms with Crippen molar-refractivity contribution in [3.8, 4) is 0 Å². The highest BCUT2D eigenvalue weighted by Gasteiger charge is 2.65. The number of rotatable bonds is 3. The van der Waals surface area contributed by atoms with E-state index in [1.165, 1.54) is 12.1 Å². The first-order valence-electron chi connectivity index (χ1n) is 5.23. The van der Waals surface area contributed by atoms with Gasteiger partial charge in [-0.25, -0.2) is 8.42 Å². The lowest BCUT2D eigenvalue weighted by atomic mass is 10.3. The van der Waals surface area contributed by atoms with Crippen LogP contribution in [0.15, 0.2) is 27.6 Å². The first-order chi connectivity index (χ1) is 8.57. The molecule has 3 N–H and O–H groups in total. The molecular formula is C10H10BrF3N2O2S. The second-order valence-corrected chi connectivity index (χ2v) is 6.91. The van der Waals surface area contributed by atoms with Crippen molar-refractivity contribution in [3.05, 3.63) is 22.7 Å². The number of sulfonamides is 1. The summed E-state index contributed by atoms with van der Waals surface area (Å²) in [5.41, 5.74) is 3.33. The smallest absolute Gasteiger partial charge is 0.398 e. The van der Waals surface area contributed by atoms with E-state index in [-0.39, 0.29) is 23.4 Å². The molecule has 1 saturated carbocycles. The van der Waals surface area contributed by atoms with Crippen LogP contribution in [0.1, 0.15) is 12.8 Å². The number of nitrogens with two attached hydrogens (primary N) is 1. The van der Waals surface area contributed by atoms with Crippen molar-refractivity contribution in [2.75, 3.05) is 5.73 Å². The highest BCUT2D eigenvalue weighted by Crippen LogP contribution is 2.49. The van der Waals surface area contributed by atoms with Crippen LogP contribution in [0.3, 0.4) is 0 Å². The van der Waals surface area contributed by atoms with Crippen LogP contribution in [0.25, 0.3) is 0 Å². The Morgan fingerprint density at radius 1 is 1.32 bits per heavy atom. The van der Waals surface area contributed by atoms with Gasteiger partial charge >= 0.3 is 6.18 Å². The molecule has 0 spiro atoms. The zero-order chi connectivity index (χ0) is 14.5. The number of anilines is 1. The quantitative estimate of drug-likeness (QED) is 0.815. The molecule has 1 aromatic rings. The Bertz CT molecular complexity index is 612. The molecule has 2 rings (SSSR count). The lowest BCUT2D eigenvalue weighted by molar-refractivity contribution is -0.160. The summed E-state index contributed by atoms with van der Waals surface area (Å²) in [5, 5.41) is 0. The number of benzene rings is 1. The Hall–Kier alpha value is -0.800. The van der Waals surface area contributed by atoms with E-state index in [9.17, 15) is 21.6 Å². The zero-order valence-electron chi connectivity index (χ0n) is 9.46. The summed E-state index contributed by atoms with van der Waals surface area (Å²) in [4.78, 5) is -0.288. The maximum Gasteiger partial charge on any atom is 0.407 e. The molecule has 0 saturated heterocycles. The molecule has 4 nitrogen and oxygen atoms in total. The molecule has 0 aromatic heterocycles. The number of alkyl halides is 3. The SMILES string of the molecule is Nc1cc(S(=O)(=O)NC2(C(F)(F)F)CC2)ccc1Br. The van der Waals surface area contributed by atoms with Crippen molar-refractivity contribution >= 4 is 31.6 Å². The average molecular weight is 359 g/mol. The topological polar surface area (TPSA) is 72.2 Å². The van der Waals surface area contributed by atoms with Crippen molar-refractivity contribution in [2.45, 2.75) is 29.5 Å². The summed E-state index contributed by atoms with van der Waals surface area (Å²) in [6, 6.07) is 3.67. The third-order valence-corrected chi connectivity index (χ3v) is 5.16. The molecule has 0 radical (unpaired) electrons. The Morgan fingerprint density at radius 3 is 2.32 bits per heavy atom. The molecule has 1 fully saturated rings. The highest BCUT2D eigenvalue weighted by molar-refractivity contribution is 9.10. The van der Waals surface area contributed by atoms with Crippen LogP contribution in [0.4, 0.5) is 18.9 Å². The van der Waals surface area contributed by atoms with Gasteiger partial charge in [-0.3, -0.25) is 0 Å². The van der Waals surface area contributed by atoms with Gasteiger partial charge in [0.2, 0.25) is 10.0 Å². The fraction of sp³-hybridized carbons (Fsp3) is 0.400. The van der Waals surface area contributed by atoms with Gasteiger partial charge in [-0.2, -0.15) is 17.9 Å². The second-order valence-electron chi connectivity index (χ2n) is 4.37. The Labute approximate surface area is 116 Å². The van der Waals surface area contributed by atoms with E-state index >= 15 is 0 Å². The van der Waals surface area contributed by atoms with Crippen molar-refractivity contribution in [3.63, 3.8) is 0 Å². The summed E-state index contributed by atoms with van der Waals surface area (Å²) in [5.74, 6) is 0. The molecule has 0 heterocycles. The summed E-state index contributed by atoms with van der Waals surface area (Å²) in [6.07, 6.45) is -5.09. The molecule has 0 amide bonds. The molecule has 9 heteroatoms. The fourth-order valence-corrected chi connectivity index (χ4v) is 3.30. The Kier molecular flexibility index (Phi) is 3.35. The van der Waals surface area contributed by atoms with E-state index in [4.69, 9.17) is 5.73 Å². The largest absolute Gasteiger partial charge is 0.407 e. The van der Waals surface area contributed by atoms with Gasteiger partial charge in [-0.05, 0) is 47.0 Å². The second kappa shape index (κ2) is 4.35. The van der Waals surface area contributed by atoms with Gasteiger partial charge < -0.3 is 5.73 Å². The number of nitrogens with one attached hydrogen (secondary N) is 1. The van der Waals surface area contributed by atoms with Crippen molar-refractivity contribution in [1.29, 1.82) is 0 Å². The van der Waals surface area contributed by atoms with Gasteiger partial charge in [-0.1, -0.05) is 0 Å². The summed E-state index contributed by atoms with van der Waals surface area (Å²) < 4.78 is 64.2. The Morgan fingerprint density at radius 2 is 1.89 bits per heavy atom. The molecule has 1 aliphatic carbocycles. The van der Waals surface area contributed by atoms with E-state index in [0.717, 1.165) is 6.07 Å². The van der Waals surface area contributed by atoms with Gasteiger partial charge in [-0.15, -0.1) is 0 Å².